The third-order valence-electron chi connectivity index (χ3n) is 4.62. The fraction of sp³-hybridized carbons (Fsp3) is 0.316. The fourth-order valence-electron chi connectivity index (χ4n) is 3.06. The summed E-state index contributed by atoms with van der Waals surface area (Å²) in [5.41, 5.74) is 1.36. The first-order valence-electron chi connectivity index (χ1n) is 8.56. The summed E-state index contributed by atoms with van der Waals surface area (Å²) < 4.78 is 5.17. The first-order valence-corrected chi connectivity index (χ1v) is 8.94. The number of ether oxygens (including phenoxy) is 1. The number of amides is 1. The molecule has 0 bridgehead atoms. The van der Waals surface area contributed by atoms with Gasteiger partial charge in [-0.05, 0) is 23.8 Å². The second kappa shape index (κ2) is 8.37. The summed E-state index contributed by atoms with van der Waals surface area (Å²) in [7, 11) is 1.64. The number of hydrogen-bond donors (Lipinski definition) is 0. The van der Waals surface area contributed by atoms with E-state index in [4.69, 9.17) is 16.3 Å². The molecule has 2 aromatic rings. The van der Waals surface area contributed by atoms with Crippen molar-refractivity contribution in [1.82, 2.24) is 9.80 Å². The van der Waals surface area contributed by atoms with Gasteiger partial charge in [0.1, 0.15) is 5.75 Å². The number of benzene rings is 2. The number of carbonyl (C=O) groups is 1. The zero-order chi connectivity index (χ0) is 19.4. The third-order valence-corrected chi connectivity index (χ3v) is 4.93. The van der Waals surface area contributed by atoms with Crippen LogP contribution in [0.3, 0.4) is 0 Å². The molecule has 7 nitrogen and oxygen atoms in total. The molecule has 0 aliphatic carbocycles. The largest absolute Gasteiger partial charge is 0.497 e. The van der Waals surface area contributed by atoms with E-state index in [9.17, 15) is 14.9 Å². The van der Waals surface area contributed by atoms with Crippen molar-refractivity contribution in [3.8, 4) is 5.75 Å². The molecule has 0 unspecified atom stereocenters. The number of nitrogens with zero attached hydrogens (tertiary/aromatic N) is 3. The van der Waals surface area contributed by atoms with E-state index in [-0.39, 0.29) is 16.6 Å². The Hall–Kier alpha value is -2.64. The number of nitro groups is 1. The lowest BCUT2D eigenvalue weighted by molar-refractivity contribution is -0.384. The average Bonchev–Trinajstić information content (AvgIpc) is 2.68. The van der Waals surface area contributed by atoms with Gasteiger partial charge in [-0.25, -0.2) is 0 Å². The predicted octanol–water partition coefficient (Wildman–Crippen LogP) is 3.21. The molecule has 142 valence electrons. The van der Waals surface area contributed by atoms with Gasteiger partial charge in [-0.1, -0.05) is 23.7 Å². The molecule has 3 rings (SSSR count). The lowest BCUT2D eigenvalue weighted by Gasteiger charge is -2.35. The fourth-order valence-corrected chi connectivity index (χ4v) is 3.32. The first-order chi connectivity index (χ1) is 13.0. The van der Waals surface area contributed by atoms with Crippen LogP contribution in [0.2, 0.25) is 5.02 Å². The lowest BCUT2D eigenvalue weighted by Crippen LogP contribution is -2.48. The van der Waals surface area contributed by atoms with Crippen LogP contribution in [0, 0.1) is 10.1 Å². The predicted molar refractivity (Wildman–Crippen MR) is 102 cm³/mol. The number of rotatable bonds is 5. The molecule has 1 saturated heterocycles. The molecule has 1 amide bonds. The second-order valence-corrected chi connectivity index (χ2v) is 6.74. The Balaban J connectivity index is 1.58. The summed E-state index contributed by atoms with van der Waals surface area (Å²) in [6, 6.07) is 11.9. The van der Waals surface area contributed by atoms with Crippen molar-refractivity contribution in [2.45, 2.75) is 6.54 Å². The summed E-state index contributed by atoms with van der Waals surface area (Å²) in [6.45, 7) is 3.49. The van der Waals surface area contributed by atoms with Crippen molar-refractivity contribution >= 4 is 23.2 Å². The van der Waals surface area contributed by atoms with Gasteiger partial charge in [-0.15, -0.1) is 0 Å². The van der Waals surface area contributed by atoms with Crippen LogP contribution in [0.15, 0.2) is 42.5 Å². The summed E-state index contributed by atoms with van der Waals surface area (Å²) >= 11 is 6.08. The summed E-state index contributed by atoms with van der Waals surface area (Å²) in [5, 5.41) is 10.9. The minimum Gasteiger partial charge on any atom is -0.497 e. The third kappa shape index (κ3) is 4.56. The zero-order valence-corrected chi connectivity index (χ0v) is 15.7. The van der Waals surface area contributed by atoms with Crippen molar-refractivity contribution in [3.63, 3.8) is 0 Å². The van der Waals surface area contributed by atoms with Gasteiger partial charge in [0.05, 0.1) is 22.6 Å². The van der Waals surface area contributed by atoms with E-state index in [2.05, 4.69) is 4.90 Å². The highest BCUT2D eigenvalue weighted by Crippen LogP contribution is 2.24. The smallest absolute Gasteiger partial charge is 0.270 e. The topological polar surface area (TPSA) is 75.9 Å². The number of hydrogen-bond acceptors (Lipinski definition) is 5. The molecule has 8 heteroatoms. The van der Waals surface area contributed by atoms with E-state index >= 15 is 0 Å². The Morgan fingerprint density at radius 2 is 1.81 bits per heavy atom. The Morgan fingerprint density at radius 1 is 1.15 bits per heavy atom. The molecule has 1 aliphatic heterocycles. The Kier molecular flexibility index (Phi) is 5.93. The molecule has 0 saturated carbocycles. The van der Waals surface area contributed by atoms with Gasteiger partial charge in [0.15, 0.2) is 0 Å². The van der Waals surface area contributed by atoms with Crippen LogP contribution in [0.1, 0.15) is 15.9 Å². The van der Waals surface area contributed by atoms with Gasteiger partial charge in [0.2, 0.25) is 0 Å². The number of methoxy groups -OCH3 is 1. The van der Waals surface area contributed by atoms with Crippen LogP contribution in [-0.4, -0.2) is 53.9 Å². The van der Waals surface area contributed by atoms with Gasteiger partial charge in [-0.2, -0.15) is 0 Å². The van der Waals surface area contributed by atoms with Crippen molar-refractivity contribution in [1.29, 1.82) is 0 Å². The van der Waals surface area contributed by atoms with Gasteiger partial charge >= 0.3 is 0 Å². The highest BCUT2D eigenvalue weighted by Gasteiger charge is 2.24. The van der Waals surface area contributed by atoms with Crippen LogP contribution in [0.25, 0.3) is 0 Å². The van der Waals surface area contributed by atoms with E-state index in [1.807, 2.05) is 24.3 Å². The summed E-state index contributed by atoms with van der Waals surface area (Å²) in [6.07, 6.45) is 0. The second-order valence-electron chi connectivity index (χ2n) is 6.34. The molecular weight excluding hydrogens is 370 g/mol. The first kappa shape index (κ1) is 19.1. The SMILES string of the molecule is COc1ccc(CN2CCN(C(=O)c3ccc([N+](=O)[O-])cc3Cl)CC2)cc1. The minimum atomic E-state index is -0.530. The van der Waals surface area contributed by atoms with E-state index in [0.717, 1.165) is 25.4 Å². The number of nitro benzene ring substituents is 1. The zero-order valence-electron chi connectivity index (χ0n) is 14.9. The molecule has 1 aliphatic rings. The summed E-state index contributed by atoms with van der Waals surface area (Å²) in [4.78, 5) is 27.0. The Morgan fingerprint density at radius 3 is 2.37 bits per heavy atom. The van der Waals surface area contributed by atoms with Crippen LogP contribution in [-0.2, 0) is 6.54 Å². The highest BCUT2D eigenvalue weighted by molar-refractivity contribution is 6.34. The summed E-state index contributed by atoms with van der Waals surface area (Å²) in [5.74, 6) is 0.633. The van der Waals surface area contributed by atoms with Gasteiger partial charge < -0.3 is 9.64 Å². The Bertz CT molecular complexity index is 833. The molecule has 0 N–H and O–H groups in total. The van der Waals surface area contributed by atoms with Crippen LogP contribution >= 0.6 is 11.6 Å². The highest BCUT2D eigenvalue weighted by atomic mass is 35.5. The van der Waals surface area contributed by atoms with E-state index in [0.29, 0.717) is 18.7 Å². The van der Waals surface area contributed by atoms with E-state index in [1.54, 1.807) is 12.0 Å². The van der Waals surface area contributed by atoms with E-state index < -0.39 is 4.92 Å². The molecule has 1 fully saturated rings. The number of non-ortho nitro benzene ring substituents is 1. The van der Waals surface area contributed by atoms with Gasteiger partial charge in [0.25, 0.3) is 11.6 Å². The molecule has 0 aromatic heterocycles. The van der Waals surface area contributed by atoms with Gasteiger partial charge in [0, 0.05) is 44.9 Å². The molecule has 0 radical (unpaired) electrons. The monoisotopic (exact) mass is 389 g/mol. The molecule has 0 atom stereocenters. The maximum atomic E-state index is 12.7. The van der Waals surface area contributed by atoms with E-state index in [1.165, 1.54) is 23.8 Å². The lowest BCUT2D eigenvalue weighted by atomic mass is 10.1. The van der Waals surface area contributed by atoms with Crippen LogP contribution < -0.4 is 4.74 Å². The maximum Gasteiger partial charge on any atom is 0.270 e. The normalized spacial score (nSPS) is 14.8. The number of halogens is 1. The molecule has 2 aromatic carbocycles. The van der Waals surface area contributed by atoms with Crippen molar-refractivity contribution in [3.05, 3.63) is 68.7 Å². The van der Waals surface area contributed by atoms with Crippen molar-refractivity contribution in [2.24, 2.45) is 0 Å². The minimum absolute atomic E-state index is 0.106. The molecular formula is C19H20ClN3O4. The van der Waals surface area contributed by atoms with Crippen molar-refractivity contribution < 1.29 is 14.5 Å². The quantitative estimate of drug-likeness (QED) is 0.579. The average molecular weight is 390 g/mol. The molecule has 0 spiro atoms. The standard InChI is InChI=1S/C19H20ClN3O4/c1-27-16-5-2-14(3-6-16)13-21-8-10-22(11-9-21)19(24)17-7-4-15(23(25)26)12-18(17)20/h2-7,12H,8-11,13H2,1H3. The molecule has 27 heavy (non-hydrogen) atoms. The van der Waals surface area contributed by atoms with Gasteiger partial charge in [-0.3, -0.25) is 19.8 Å². The number of piperazine rings is 1. The number of carbonyl (C=O) groups excluding carboxylic acids is 1. The van der Waals surface area contributed by atoms with Crippen molar-refractivity contribution in [2.75, 3.05) is 33.3 Å². The molecule has 1 heterocycles. The maximum absolute atomic E-state index is 12.7. The van der Waals surface area contributed by atoms with Crippen LogP contribution in [0.4, 0.5) is 5.69 Å². The van der Waals surface area contributed by atoms with Crippen LogP contribution in [0.5, 0.6) is 5.75 Å². The Labute approximate surface area is 162 Å².